The number of carboxylic acids is 1. The third kappa shape index (κ3) is 1.69. The van der Waals surface area contributed by atoms with Crippen LogP contribution < -0.4 is 0 Å². The lowest BCUT2D eigenvalue weighted by Gasteiger charge is -1.99. The van der Waals surface area contributed by atoms with Crippen molar-refractivity contribution >= 4 is 11.6 Å². The predicted molar refractivity (Wildman–Crippen MR) is 63.2 cm³/mol. The summed E-state index contributed by atoms with van der Waals surface area (Å²) in [6, 6.07) is 5.40. The zero-order valence-corrected chi connectivity index (χ0v) is 9.19. The second-order valence-electron chi connectivity index (χ2n) is 3.71. The molecule has 18 heavy (non-hydrogen) atoms. The smallest absolute Gasteiger partial charge is 0.356 e. The maximum atomic E-state index is 10.8. The van der Waals surface area contributed by atoms with E-state index in [0.717, 1.165) is 11.3 Å². The van der Waals surface area contributed by atoms with Crippen LogP contribution in [0, 0.1) is 0 Å². The Kier molecular flexibility index (Phi) is 2.26. The van der Waals surface area contributed by atoms with Crippen molar-refractivity contribution in [2.75, 3.05) is 0 Å². The highest BCUT2D eigenvalue weighted by Gasteiger charge is 2.09. The number of aromatic nitrogens is 4. The van der Waals surface area contributed by atoms with Crippen molar-refractivity contribution in [3.8, 4) is 11.3 Å². The number of pyridine rings is 1. The zero-order valence-electron chi connectivity index (χ0n) is 9.19. The topological polar surface area (TPSA) is 80.4 Å². The van der Waals surface area contributed by atoms with Gasteiger partial charge in [-0.25, -0.2) is 14.8 Å². The van der Waals surface area contributed by atoms with E-state index in [9.17, 15) is 4.79 Å². The molecule has 6 heteroatoms. The van der Waals surface area contributed by atoms with E-state index >= 15 is 0 Å². The minimum atomic E-state index is -1.05. The Morgan fingerprint density at radius 3 is 2.78 bits per heavy atom. The molecular weight excluding hydrogens is 232 g/mol. The summed E-state index contributed by atoms with van der Waals surface area (Å²) in [5.74, 6) is -1.05. The molecule has 0 saturated carbocycles. The molecule has 0 amide bonds. The molecule has 3 aromatic rings. The van der Waals surface area contributed by atoms with Crippen molar-refractivity contribution in [1.82, 2.24) is 19.4 Å². The molecular formula is C12H8N4O2. The van der Waals surface area contributed by atoms with E-state index in [4.69, 9.17) is 5.11 Å². The number of hydrogen-bond acceptors (Lipinski definition) is 4. The predicted octanol–water partition coefficient (Wildman–Crippen LogP) is 1.49. The molecule has 88 valence electrons. The normalized spacial score (nSPS) is 10.7. The van der Waals surface area contributed by atoms with Gasteiger partial charge >= 0.3 is 5.97 Å². The van der Waals surface area contributed by atoms with E-state index in [-0.39, 0.29) is 5.69 Å². The molecule has 3 heterocycles. The van der Waals surface area contributed by atoms with E-state index in [1.807, 2.05) is 12.1 Å². The lowest BCUT2D eigenvalue weighted by atomic mass is 10.2. The van der Waals surface area contributed by atoms with Gasteiger partial charge in [0, 0.05) is 30.2 Å². The maximum absolute atomic E-state index is 10.8. The van der Waals surface area contributed by atoms with Crippen LogP contribution in [0.3, 0.4) is 0 Å². The highest BCUT2D eigenvalue weighted by atomic mass is 16.4. The first-order valence-corrected chi connectivity index (χ1v) is 5.22. The van der Waals surface area contributed by atoms with Crippen LogP contribution in [0.25, 0.3) is 16.9 Å². The fourth-order valence-corrected chi connectivity index (χ4v) is 1.67. The van der Waals surface area contributed by atoms with Crippen LogP contribution in [0.4, 0.5) is 0 Å². The fourth-order valence-electron chi connectivity index (χ4n) is 1.67. The van der Waals surface area contributed by atoms with Gasteiger partial charge in [0.15, 0.2) is 5.69 Å². The number of aromatic carboxylic acids is 1. The van der Waals surface area contributed by atoms with Crippen molar-refractivity contribution in [2.24, 2.45) is 0 Å². The standard InChI is InChI=1S/C12H8N4O2/c17-12(18)10-6-16-7-14-9(5-11(16)15-10)8-1-3-13-4-2-8/h1-7H,(H,17,18). The van der Waals surface area contributed by atoms with E-state index in [0.29, 0.717) is 5.65 Å². The largest absolute Gasteiger partial charge is 0.476 e. The molecule has 0 fully saturated rings. The zero-order chi connectivity index (χ0) is 12.5. The quantitative estimate of drug-likeness (QED) is 0.734. The SMILES string of the molecule is O=C(O)c1cn2cnc(-c3ccncc3)cc2n1. The fraction of sp³-hybridized carbons (Fsp3) is 0. The molecule has 3 aromatic heterocycles. The third-order valence-electron chi connectivity index (χ3n) is 2.54. The van der Waals surface area contributed by atoms with Gasteiger partial charge in [-0.3, -0.25) is 9.38 Å². The summed E-state index contributed by atoms with van der Waals surface area (Å²) in [6.45, 7) is 0. The number of nitrogens with zero attached hydrogens (tertiary/aromatic N) is 4. The van der Waals surface area contributed by atoms with Crippen LogP contribution in [0.15, 0.2) is 43.1 Å². The summed E-state index contributed by atoms with van der Waals surface area (Å²) < 4.78 is 1.58. The Hall–Kier alpha value is -2.76. The number of carboxylic acid groups (broad SMARTS) is 1. The van der Waals surface area contributed by atoms with E-state index in [1.165, 1.54) is 6.20 Å². The number of carbonyl (C=O) groups is 1. The Balaban J connectivity index is 2.14. The molecule has 0 aliphatic rings. The minimum absolute atomic E-state index is 0.00341. The summed E-state index contributed by atoms with van der Waals surface area (Å²) in [6.07, 6.45) is 6.33. The third-order valence-corrected chi connectivity index (χ3v) is 2.54. The highest BCUT2D eigenvalue weighted by Crippen LogP contribution is 2.17. The van der Waals surface area contributed by atoms with Crippen molar-refractivity contribution in [1.29, 1.82) is 0 Å². The van der Waals surface area contributed by atoms with Gasteiger partial charge in [0.25, 0.3) is 0 Å². The summed E-state index contributed by atoms with van der Waals surface area (Å²) in [7, 11) is 0. The number of hydrogen-bond donors (Lipinski definition) is 1. The summed E-state index contributed by atoms with van der Waals surface area (Å²) in [5, 5.41) is 8.87. The lowest BCUT2D eigenvalue weighted by Crippen LogP contribution is -1.94. The van der Waals surface area contributed by atoms with Gasteiger partial charge in [0.2, 0.25) is 0 Å². The first kappa shape index (κ1) is 10.4. The van der Waals surface area contributed by atoms with Crippen LogP contribution in [0.5, 0.6) is 0 Å². The Morgan fingerprint density at radius 2 is 2.06 bits per heavy atom. The molecule has 0 aliphatic heterocycles. The van der Waals surface area contributed by atoms with Gasteiger partial charge in [-0.2, -0.15) is 0 Å². The van der Waals surface area contributed by atoms with Crippen molar-refractivity contribution < 1.29 is 9.90 Å². The molecule has 0 aromatic carbocycles. The van der Waals surface area contributed by atoms with Crippen molar-refractivity contribution in [3.63, 3.8) is 0 Å². The molecule has 0 bridgehead atoms. The average Bonchev–Trinajstić information content (AvgIpc) is 2.82. The van der Waals surface area contributed by atoms with Gasteiger partial charge in [-0.05, 0) is 12.1 Å². The molecule has 6 nitrogen and oxygen atoms in total. The van der Waals surface area contributed by atoms with Gasteiger partial charge in [-0.1, -0.05) is 0 Å². The van der Waals surface area contributed by atoms with Crippen molar-refractivity contribution in [2.45, 2.75) is 0 Å². The van der Waals surface area contributed by atoms with Crippen molar-refractivity contribution in [3.05, 3.63) is 48.8 Å². The van der Waals surface area contributed by atoms with Crippen LogP contribution >= 0.6 is 0 Å². The van der Waals surface area contributed by atoms with Crippen LogP contribution in [-0.2, 0) is 0 Å². The second-order valence-corrected chi connectivity index (χ2v) is 3.71. The molecule has 0 spiro atoms. The summed E-state index contributed by atoms with van der Waals surface area (Å²) in [5.41, 5.74) is 2.19. The Bertz CT molecular complexity index is 721. The molecule has 0 aliphatic carbocycles. The second kappa shape index (κ2) is 3.92. The van der Waals surface area contributed by atoms with Gasteiger partial charge in [0.05, 0.1) is 5.69 Å². The van der Waals surface area contributed by atoms with E-state index in [1.54, 1.807) is 29.2 Å². The molecule has 0 saturated heterocycles. The van der Waals surface area contributed by atoms with Crippen LogP contribution in [0.2, 0.25) is 0 Å². The molecule has 0 unspecified atom stereocenters. The average molecular weight is 240 g/mol. The molecule has 0 atom stereocenters. The minimum Gasteiger partial charge on any atom is -0.476 e. The maximum Gasteiger partial charge on any atom is 0.356 e. The van der Waals surface area contributed by atoms with E-state index in [2.05, 4.69) is 15.0 Å². The highest BCUT2D eigenvalue weighted by molar-refractivity contribution is 5.86. The first-order chi connectivity index (χ1) is 8.74. The lowest BCUT2D eigenvalue weighted by molar-refractivity contribution is 0.0691. The molecule has 0 radical (unpaired) electrons. The van der Waals surface area contributed by atoms with Crippen LogP contribution in [-0.4, -0.2) is 30.4 Å². The number of fused-ring (bicyclic) bond motifs is 1. The molecule has 1 N–H and O–H groups in total. The Morgan fingerprint density at radius 1 is 1.28 bits per heavy atom. The number of rotatable bonds is 2. The van der Waals surface area contributed by atoms with Crippen LogP contribution in [0.1, 0.15) is 10.5 Å². The Labute approximate surface area is 102 Å². The molecule has 3 rings (SSSR count). The monoisotopic (exact) mass is 240 g/mol. The first-order valence-electron chi connectivity index (χ1n) is 5.22. The van der Waals surface area contributed by atoms with Gasteiger partial charge in [0.1, 0.15) is 12.0 Å². The van der Waals surface area contributed by atoms with E-state index < -0.39 is 5.97 Å². The summed E-state index contributed by atoms with van der Waals surface area (Å²) >= 11 is 0. The number of imidazole rings is 1. The summed E-state index contributed by atoms with van der Waals surface area (Å²) in [4.78, 5) is 23.0. The van der Waals surface area contributed by atoms with Gasteiger partial charge < -0.3 is 5.11 Å². The van der Waals surface area contributed by atoms with Gasteiger partial charge in [-0.15, -0.1) is 0 Å².